The van der Waals surface area contributed by atoms with Gasteiger partial charge in [0, 0.05) is 33.2 Å². The molecule has 1 saturated heterocycles. The number of rotatable bonds is 3. The first kappa shape index (κ1) is 17.5. The molecular formula is C14H21N7O3S. The van der Waals surface area contributed by atoms with E-state index in [1.807, 2.05) is 0 Å². The molecule has 1 fully saturated rings. The molecule has 0 saturated carbocycles. The number of hydrogen-bond donors (Lipinski definition) is 1. The van der Waals surface area contributed by atoms with E-state index in [2.05, 4.69) is 20.5 Å². The van der Waals surface area contributed by atoms with Gasteiger partial charge in [-0.25, -0.2) is 8.42 Å². The summed E-state index contributed by atoms with van der Waals surface area (Å²) in [7, 11) is -1.95. The summed E-state index contributed by atoms with van der Waals surface area (Å²) in [5.41, 5.74) is 1.24. The Morgan fingerprint density at radius 3 is 2.56 bits per heavy atom. The Morgan fingerprint density at radius 1 is 1.20 bits per heavy atom. The number of sulfonamides is 1. The fraction of sp³-hybridized carbons (Fsp3) is 0.571. The first-order valence-corrected chi connectivity index (χ1v) is 9.42. The van der Waals surface area contributed by atoms with Crippen molar-refractivity contribution in [3.8, 4) is 0 Å². The highest BCUT2D eigenvalue weighted by Crippen LogP contribution is 2.23. The summed E-state index contributed by atoms with van der Waals surface area (Å²) >= 11 is 0. The number of H-pyrrole nitrogens is 1. The summed E-state index contributed by atoms with van der Waals surface area (Å²) in [5.74, 6) is -0.233. The second-order valence-electron chi connectivity index (χ2n) is 6.09. The molecule has 0 aliphatic carbocycles. The monoisotopic (exact) mass is 367 g/mol. The second kappa shape index (κ2) is 6.56. The van der Waals surface area contributed by atoms with Crippen LogP contribution < -0.4 is 0 Å². The Morgan fingerprint density at radius 2 is 1.96 bits per heavy atom. The molecule has 0 atom stereocenters. The predicted molar refractivity (Wildman–Crippen MR) is 88.3 cm³/mol. The van der Waals surface area contributed by atoms with E-state index in [0.29, 0.717) is 37.4 Å². The molecule has 0 spiro atoms. The number of aromatic nitrogens is 5. The number of nitrogens with zero attached hydrogens (tertiary/aromatic N) is 6. The smallest absolute Gasteiger partial charge is 0.276 e. The van der Waals surface area contributed by atoms with Crippen LogP contribution in [0.15, 0.2) is 11.1 Å². The molecule has 10 nitrogen and oxygen atoms in total. The van der Waals surface area contributed by atoms with Crippen LogP contribution in [0.1, 0.15) is 28.3 Å². The second-order valence-corrected chi connectivity index (χ2v) is 7.97. The Hall–Kier alpha value is -2.27. The Bertz CT molecular complexity index is 867. The van der Waals surface area contributed by atoms with Crippen LogP contribution in [0, 0.1) is 13.8 Å². The molecule has 2 aromatic heterocycles. The third kappa shape index (κ3) is 3.29. The van der Waals surface area contributed by atoms with Crippen LogP contribution >= 0.6 is 0 Å². The molecule has 1 N–H and O–H groups in total. The zero-order valence-electron chi connectivity index (χ0n) is 14.4. The van der Waals surface area contributed by atoms with Crippen molar-refractivity contribution in [2.45, 2.75) is 25.2 Å². The maximum atomic E-state index is 12.9. The molecule has 25 heavy (non-hydrogen) atoms. The topological polar surface area (TPSA) is 117 Å². The molecule has 1 aliphatic rings. The van der Waals surface area contributed by atoms with Gasteiger partial charge in [-0.15, -0.1) is 5.10 Å². The van der Waals surface area contributed by atoms with Gasteiger partial charge >= 0.3 is 0 Å². The van der Waals surface area contributed by atoms with E-state index in [9.17, 15) is 13.2 Å². The average molecular weight is 367 g/mol. The molecule has 11 heteroatoms. The van der Waals surface area contributed by atoms with Gasteiger partial charge in [0.1, 0.15) is 4.90 Å². The van der Waals surface area contributed by atoms with Crippen LogP contribution in [0.2, 0.25) is 0 Å². The van der Waals surface area contributed by atoms with Crippen LogP contribution in [-0.4, -0.2) is 74.9 Å². The van der Waals surface area contributed by atoms with E-state index in [1.54, 1.807) is 32.0 Å². The van der Waals surface area contributed by atoms with Gasteiger partial charge in [0.15, 0.2) is 5.69 Å². The van der Waals surface area contributed by atoms with Crippen molar-refractivity contribution in [1.82, 2.24) is 34.4 Å². The van der Waals surface area contributed by atoms with Gasteiger partial charge in [0.05, 0.1) is 17.6 Å². The summed E-state index contributed by atoms with van der Waals surface area (Å²) in [6.07, 6.45) is 2.11. The lowest BCUT2D eigenvalue weighted by Crippen LogP contribution is -2.37. The Labute approximate surface area is 145 Å². The van der Waals surface area contributed by atoms with Gasteiger partial charge in [-0.3, -0.25) is 14.6 Å². The Kier molecular flexibility index (Phi) is 4.60. The Balaban J connectivity index is 1.76. The van der Waals surface area contributed by atoms with E-state index >= 15 is 0 Å². The summed E-state index contributed by atoms with van der Waals surface area (Å²) < 4.78 is 28.7. The first-order valence-electron chi connectivity index (χ1n) is 7.98. The van der Waals surface area contributed by atoms with Crippen molar-refractivity contribution in [2.75, 3.05) is 26.2 Å². The van der Waals surface area contributed by atoms with Crippen LogP contribution in [0.25, 0.3) is 0 Å². The van der Waals surface area contributed by atoms with Crippen molar-refractivity contribution in [3.05, 3.63) is 23.3 Å². The zero-order chi connectivity index (χ0) is 18.2. The quantitative estimate of drug-likeness (QED) is 0.795. The highest BCUT2D eigenvalue weighted by Gasteiger charge is 2.32. The average Bonchev–Trinajstić information content (AvgIpc) is 3.03. The first-order chi connectivity index (χ1) is 11.8. The summed E-state index contributed by atoms with van der Waals surface area (Å²) in [5, 5.41) is 14.3. The molecule has 0 radical (unpaired) electrons. The van der Waals surface area contributed by atoms with E-state index in [0.717, 1.165) is 0 Å². The SMILES string of the molecule is Cc1n[nH]c(C)c1S(=O)(=O)N1CCCN(C(=O)c2cn(C)nn2)CC1. The molecule has 1 aliphatic heterocycles. The molecule has 136 valence electrons. The molecule has 0 unspecified atom stereocenters. The number of carbonyl (C=O) groups excluding carboxylic acids is 1. The number of nitrogens with one attached hydrogen (secondary N) is 1. The number of carbonyl (C=O) groups is 1. The highest BCUT2D eigenvalue weighted by atomic mass is 32.2. The van der Waals surface area contributed by atoms with Crippen LogP contribution in [0.5, 0.6) is 0 Å². The van der Waals surface area contributed by atoms with E-state index in [1.165, 1.54) is 8.99 Å². The van der Waals surface area contributed by atoms with Gasteiger partial charge in [0.2, 0.25) is 10.0 Å². The van der Waals surface area contributed by atoms with Crippen LogP contribution in [0.4, 0.5) is 0 Å². The van der Waals surface area contributed by atoms with Crippen molar-refractivity contribution in [3.63, 3.8) is 0 Å². The van der Waals surface area contributed by atoms with Gasteiger partial charge in [-0.1, -0.05) is 5.21 Å². The highest BCUT2D eigenvalue weighted by molar-refractivity contribution is 7.89. The lowest BCUT2D eigenvalue weighted by molar-refractivity contribution is 0.0758. The predicted octanol–water partition coefficient (Wildman–Crippen LogP) is -0.308. The maximum Gasteiger partial charge on any atom is 0.276 e. The summed E-state index contributed by atoms with van der Waals surface area (Å²) in [4.78, 5) is 14.3. The molecule has 3 rings (SSSR count). The lowest BCUT2D eigenvalue weighted by atomic mass is 10.3. The van der Waals surface area contributed by atoms with Gasteiger partial charge in [-0.2, -0.15) is 9.40 Å². The third-order valence-electron chi connectivity index (χ3n) is 4.22. The van der Waals surface area contributed by atoms with Crippen LogP contribution in [0.3, 0.4) is 0 Å². The van der Waals surface area contributed by atoms with Crippen molar-refractivity contribution >= 4 is 15.9 Å². The van der Waals surface area contributed by atoms with Crippen molar-refractivity contribution < 1.29 is 13.2 Å². The number of aromatic amines is 1. The van der Waals surface area contributed by atoms with Crippen molar-refractivity contribution in [2.24, 2.45) is 7.05 Å². The third-order valence-corrected chi connectivity index (χ3v) is 6.38. The largest absolute Gasteiger partial charge is 0.336 e. The summed E-state index contributed by atoms with van der Waals surface area (Å²) in [6, 6.07) is 0. The van der Waals surface area contributed by atoms with Gasteiger partial charge < -0.3 is 4.90 Å². The molecule has 1 amide bonds. The number of aryl methyl sites for hydroxylation is 3. The molecule has 3 heterocycles. The minimum atomic E-state index is -3.64. The van der Waals surface area contributed by atoms with E-state index in [4.69, 9.17) is 0 Å². The molecule has 2 aromatic rings. The van der Waals surface area contributed by atoms with Gasteiger partial charge in [0.25, 0.3) is 5.91 Å². The van der Waals surface area contributed by atoms with Crippen LogP contribution in [-0.2, 0) is 17.1 Å². The van der Waals surface area contributed by atoms with Crippen molar-refractivity contribution in [1.29, 1.82) is 0 Å². The normalized spacial score (nSPS) is 16.8. The molecule has 0 aromatic carbocycles. The van der Waals surface area contributed by atoms with E-state index < -0.39 is 10.0 Å². The summed E-state index contributed by atoms with van der Waals surface area (Å²) in [6.45, 7) is 4.73. The fourth-order valence-electron chi connectivity index (χ4n) is 2.99. The van der Waals surface area contributed by atoms with E-state index in [-0.39, 0.29) is 23.0 Å². The molecule has 0 bridgehead atoms. The number of amides is 1. The number of hydrogen-bond acceptors (Lipinski definition) is 6. The minimum absolute atomic E-state index is 0.223. The maximum absolute atomic E-state index is 12.9. The zero-order valence-corrected chi connectivity index (χ0v) is 15.2. The molecular weight excluding hydrogens is 346 g/mol. The standard InChI is InChI=1S/C14H21N7O3S/c1-10-13(11(2)16-15-10)25(23,24)21-6-4-5-20(7-8-21)14(22)12-9-19(3)18-17-12/h9H,4-8H2,1-3H3,(H,15,16). The minimum Gasteiger partial charge on any atom is -0.336 e. The van der Waals surface area contributed by atoms with Gasteiger partial charge in [-0.05, 0) is 20.3 Å². The lowest BCUT2D eigenvalue weighted by Gasteiger charge is -2.21. The fourth-order valence-corrected chi connectivity index (χ4v) is 4.80.